The summed E-state index contributed by atoms with van der Waals surface area (Å²) in [5.74, 6) is 0.368. The topological polar surface area (TPSA) is 65.4 Å². The van der Waals surface area contributed by atoms with Crippen LogP contribution >= 0.6 is 0 Å². The maximum absolute atomic E-state index is 12.5. The smallest absolute Gasteiger partial charge is 0.251 e. The summed E-state index contributed by atoms with van der Waals surface area (Å²) in [4.78, 5) is 14.1. The average Bonchev–Trinajstić information content (AvgIpc) is 2.63. The molecule has 2 rings (SSSR count). The van der Waals surface area contributed by atoms with Crippen molar-refractivity contribution in [1.29, 1.82) is 5.41 Å². The molecule has 0 aliphatic rings. The molecular weight excluding hydrogens is 326 g/mol. The first-order chi connectivity index (χ1) is 12.5. The molecule has 0 saturated carbocycles. The van der Waals surface area contributed by atoms with Gasteiger partial charge in [-0.1, -0.05) is 35.4 Å². The zero-order chi connectivity index (χ0) is 19.1. The Morgan fingerprint density at radius 1 is 1.19 bits per heavy atom. The lowest BCUT2D eigenvalue weighted by Gasteiger charge is -2.18. The highest BCUT2D eigenvalue weighted by Gasteiger charge is 2.13. The van der Waals surface area contributed by atoms with Crippen molar-refractivity contribution in [3.05, 3.63) is 70.9 Å². The van der Waals surface area contributed by atoms with Crippen molar-refractivity contribution >= 4 is 17.9 Å². The molecule has 5 heteroatoms. The Labute approximate surface area is 154 Å². The summed E-state index contributed by atoms with van der Waals surface area (Å²) >= 11 is 0. The van der Waals surface area contributed by atoms with Gasteiger partial charge in [-0.25, -0.2) is 0 Å². The van der Waals surface area contributed by atoms with Crippen LogP contribution < -0.4 is 15.0 Å². The van der Waals surface area contributed by atoms with E-state index in [1.54, 1.807) is 36.4 Å². The Kier molecular flexibility index (Phi) is 6.55. The van der Waals surface area contributed by atoms with Crippen LogP contribution in [0, 0.1) is 19.3 Å². The number of carbonyl (C=O) groups is 1. The Balaban J connectivity index is 2.17. The van der Waals surface area contributed by atoms with Crippen molar-refractivity contribution in [2.45, 2.75) is 27.3 Å². The molecule has 2 aromatic carbocycles. The van der Waals surface area contributed by atoms with E-state index in [4.69, 9.17) is 10.1 Å². The summed E-state index contributed by atoms with van der Waals surface area (Å²) < 4.78 is 5.40. The molecule has 0 heterocycles. The summed E-state index contributed by atoms with van der Waals surface area (Å²) in [5, 5.41) is 10.5. The largest absolute Gasteiger partial charge is 0.495 e. The zero-order valence-corrected chi connectivity index (χ0v) is 15.7. The first-order valence-electron chi connectivity index (χ1n) is 8.43. The van der Waals surface area contributed by atoms with Gasteiger partial charge >= 0.3 is 0 Å². The van der Waals surface area contributed by atoms with E-state index in [1.165, 1.54) is 17.5 Å². The molecule has 0 radical (unpaired) electrons. The fraction of sp³-hybridized carbons (Fsp3) is 0.238. The molecule has 2 aromatic rings. The maximum atomic E-state index is 12.5. The van der Waals surface area contributed by atoms with E-state index < -0.39 is 0 Å². The highest BCUT2D eigenvalue weighted by Crippen LogP contribution is 2.29. The van der Waals surface area contributed by atoms with Crippen molar-refractivity contribution in [3.63, 3.8) is 0 Å². The lowest BCUT2D eigenvalue weighted by atomic mass is 10.1. The van der Waals surface area contributed by atoms with E-state index in [1.807, 2.05) is 26.8 Å². The van der Waals surface area contributed by atoms with Crippen LogP contribution in [-0.4, -0.2) is 19.4 Å². The third-order valence-electron chi connectivity index (χ3n) is 3.90. The Morgan fingerprint density at radius 2 is 1.88 bits per heavy atom. The molecular formula is C21H25N3O2. The molecule has 0 aromatic heterocycles. The lowest BCUT2D eigenvalue weighted by molar-refractivity contribution is 0.0950. The van der Waals surface area contributed by atoms with Gasteiger partial charge in [0.2, 0.25) is 0 Å². The number of allylic oxidation sites excluding steroid dienone is 1. The number of nitrogens with one attached hydrogen (secondary N) is 2. The van der Waals surface area contributed by atoms with Crippen LogP contribution in [0.2, 0.25) is 0 Å². The van der Waals surface area contributed by atoms with Gasteiger partial charge in [0.1, 0.15) is 5.75 Å². The number of rotatable bonds is 7. The van der Waals surface area contributed by atoms with Crippen molar-refractivity contribution < 1.29 is 9.53 Å². The van der Waals surface area contributed by atoms with E-state index in [0.29, 0.717) is 23.5 Å². The zero-order valence-electron chi connectivity index (χ0n) is 15.7. The third-order valence-corrected chi connectivity index (χ3v) is 3.90. The molecule has 5 nitrogen and oxygen atoms in total. The molecule has 2 N–H and O–H groups in total. The number of nitrogens with zero attached hydrogens (tertiary/aromatic N) is 1. The van der Waals surface area contributed by atoms with Gasteiger partial charge in [0.15, 0.2) is 0 Å². The second-order valence-electron chi connectivity index (χ2n) is 6.08. The summed E-state index contributed by atoms with van der Waals surface area (Å²) in [7, 11) is 1.55. The molecule has 26 heavy (non-hydrogen) atoms. The van der Waals surface area contributed by atoms with Crippen LogP contribution in [0.4, 0.5) is 5.69 Å². The minimum Gasteiger partial charge on any atom is -0.495 e. The number of aryl methyl sites for hydroxylation is 2. The molecule has 0 aliphatic carbocycles. The highest BCUT2D eigenvalue weighted by atomic mass is 16.5. The van der Waals surface area contributed by atoms with Crippen LogP contribution in [0.25, 0.3) is 0 Å². The first kappa shape index (κ1) is 19.2. The van der Waals surface area contributed by atoms with Gasteiger partial charge in [0.05, 0.1) is 19.1 Å². The summed E-state index contributed by atoms with van der Waals surface area (Å²) in [6, 6.07) is 11.4. The Morgan fingerprint density at radius 3 is 2.46 bits per heavy atom. The quantitative estimate of drug-likeness (QED) is 0.581. The molecule has 0 bridgehead atoms. The van der Waals surface area contributed by atoms with E-state index in [0.717, 1.165) is 5.56 Å². The average molecular weight is 351 g/mol. The fourth-order valence-corrected chi connectivity index (χ4v) is 2.84. The minimum atomic E-state index is -0.165. The van der Waals surface area contributed by atoms with Gasteiger partial charge < -0.3 is 15.0 Å². The van der Waals surface area contributed by atoms with Gasteiger partial charge in [-0.2, -0.15) is 0 Å². The second-order valence-corrected chi connectivity index (χ2v) is 6.08. The van der Waals surface area contributed by atoms with Gasteiger partial charge in [-0.3, -0.25) is 10.2 Å². The number of hydrogen-bond acceptors (Lipinski definition) is 3. The molecule has 0 saturated heterocycles. The van der Waals surface area contributed by atoms with Crippen LogP contribution in [0.1, 0.15) is 34.0 Å². The number of carbonyl (C=O) groups excluding carboxylic acids is 1. The van der Waals surface area contributed by atoms with Gasteiger partial charge in [0, 0.05) is 18.3 Å². The highest BCUT2D eigenvalue weighted by molar-refractivity contribution is 5.96. The minimum absolute atomic E-state index is 0.165. The number of hydrogen-bond donors (Lipinski definition) is 2. The van der Waals surface area contributed by atoms with E-state index >= 15 is 0 Å². The van der Waals surface area contributed by atoms with Crippen LogP contribution in [0.15, 0.2) is 48.7 Å². The van der Waals surface area contributed by atoms with Gasteiger partial charge in [-0.15, -0.1) is 0 Å². The Hall–Kier alpha value is -3.08. The van der Waals surface area contributed by atoms with Crippen molar-refractivity contribution in [3.8, 4) is 5.75 Å². The lowest BCUT2D eigenvalue weighted by Crippen LogP contribution is -2.23. The number of anilines is 1. The predicted molar refractivity (Wildman–Crippen MR) is 106 cm³/mol. The molecule has 0 unspecified atom stereocenters. The first-order valence-corrected chi connectivity index (χ1v) is 8.43. The molecule has 1 amide bonds. The second kappa shape index (κ2) is 8.85. The SMILES string of the molecule is C/C=C/N(C=N)c1ccc(C(=O)NCc2cc(C)cc(C)c2)cc1OC. The normalized spacial score (nSPS) is 10.6. The van der Waals surface area contributed by atoms with Crippen LogP contribution in [-0.2, 0) is 6.54 Å². The van der Waals surface area contributed by atoms with Crippen molar-refractivity contribution in [2.24, 2.45) is 0 Å². The number of amides is 1. The monoisotopic (exact) mass is 351 g/mol. The van der Waals surface area contributed by atoms with E-state index in [2.05, 4.69) is 23.5 Å². The molecule has 0 fully saturated rings. The van der Waals surface area contributed by atoms with Crippen molar-refractivity contribution in [1.82, 2.24) is 5.32 Å². The van der Waals surface area contributed by atoms with Gasteiger partial charge in [0.25, 0.3) is 5.91 Å². The van der Waals surface area contributed by atoms with E-state index in [-0.39, 0.29) is 5.91 Å². The van der Waals surface area contributed by atoms with Crippen molar-refractivity contribution in [2.75, 3.05) is 12.0 Å². The predicted octanol–water partition coefficient (Wildman–Crippen LogP) is 4.19. The number of methoxy groups -OCH3 is 1. The number of benzene rings is 2. The fourth-order valence-electron chi connectivity index (χ4n) is 2.84. The molecule has 0 aliphatic heterocycles. The van der Waals surface area contributed by atoms with Gasteiger partial charge in [-0.05, 0) is 44.5 Å². The molecule has 136 valence electrons. The molecule has 0 spiro atoms. The van der Waals surface area contributed by atoms with E-state index in [9.17, 15) is 4.79 Å². The Bertz CT molecular complexity index is 808. The standard InChI is InChI=1S/C21H25N3O2/c1-5-8-24(14-22)19-7-6-18(12-20(19)26-4)21(25)23-13-17-10-15(2)9-16(3)11-17/h5-12,14,22H,13H2,1-4H3,(H,23,25)/b8-5+,22-14?. The van der Waals surface area contributed by atoms with Crippen LogP contribution in [0.3, 0.4) is 0 Å². The summed E-state index contributed by atoms with van der Waals surface area (Å²) in [5.41, 5.74) is 4.64. The summed E-state index contributed by atoms with van der Waals surface area (Å²) in [6.45, 7) is 6.43. The maximum Gasteiger partial charge on any atom is 0.251 e. The number of ether oxygens (including phenoxy) is 1. The summed E-state index contributed by atoms with van der Waals surface area (Å²) in [6.07, 6.45) is 4.78. The molecule has 0 atom stereocenters. The van der Waals surface area contributed by atoms with Crippen LogP contribution in [0.5, 0.6) is 5.75 Å². The third kappa shape index (κ3) is 4.72.